The number of methoxy groups -OCH3 is 1. The van der Waals surface area contributed by atoms with E-state index in [-0.39, 0.29) is 29.5 Å². The van der Waals surface area contributed by atoms with E-state index >= 15 is 0 Å². The van der Waals surface area contributed by atoms with Gasteiger partial charge >= 0.3 is 0 Å². The van der Waals surface area contributed by atoms with E-state index in [1.54, 1.807) is 31.2 Å². The van der Waals surface area contributed by atoms with Crippen LogP contribution in [0.5, 0.6) is 11.5 Å². The number of carbonyl (C=O) groups is 2. The number of likely N-dealkylation sites (N-methyl/N-ethyl adjacent to an activating group) is 1. The van der Waals surface area contributed by atoms with Crippen LogP contribution >= 0.6 is 0 Å². The van der Waals surface area contributed by atoms with Crippen molar-refractivity contribution in [3.05, 3.63) is 84.2 Å². The Morgan fingerprint density at radius 2 is 1.65 bits per heavy atom. The minimum Gasteiger partial charge on any atom is -0.497 e. The molecule has 214 valence electrons. The normalized spacial score (nSPS) is 11.8. The zero-order chi connectivity index (χ0) is 29.3. The van der Waals surface area contributed by atoms with Crippen LogP contribution < -0.4 is 19.1 Å². The zero-order valence-corrected chi connectivity index (χ0v) is 23.8. The summed E-state index contributed by atoms with van der Waals surface area (Å²) in [4.78, 5) is 28.0. The molecule has 1 N–H and O–H groups in total. The molecule has 0 radical (unpaired) electrons. The molecule has 0 fully saturated rings. The van der Waals surface area contributed by atoms with Gasteiger partial charge in [-0.25, -0.2) is 12.8 Å². The molecule has 2 amide bonds. The lowest BCUT2D eigenvalue weighted by Crippen LogP contribution is -2.51. The van der Waals surface area contributed by atoms with Gasteiger partial charge in [-0.05, 0) is 79.6 Å². The first-order chi connectivity index (χ1) is 19.1. The molecule has 0 aliphatic rings. The third-order valence-electron chi connectivity index (χ3n) is 6.24. The van der Waals surface area contributed by atoms with Crippen molar-refractivity contribution in [2.24, 2.45) is 0 Å². The summed E-state index contributed by atoms with van der Waals surface area (Å²) in [5.41, 5.74) is 0.788. The molecule has 11 heteroatoms. The van der Waals surface area contributed by atoms with Gasteiger partial charge in [-0.15, -0.1) is 0 Å². The summed E-state index contributed by atoms with van der Waals surface area (Å²) in [5.74, 6) is -0.493. The van der Waals surface area contributed by atoms with Crippen LogP contribution in [0.25, 0.3) is 0 Å². The second-order valence-corrected chi connectivity index (χ2v) is 10.7. The first-order valence-electron chi connectivity index (χ1n) is 12.8. The SMILES string of the molecule is CCOc1ccc(S(=O)(=O)N(CC(=O)N(Cc2cccc(OC)c2)[C@@H](CC)C(=O)NC)c2ccc(F)cc2)cc1. The van der Waals surface area contributed by atoms with Gasteiger partial charge in [0.1, 0.15) is 29.9 Å². The molecule has 3 rings (SSSR count). The van der Waals surface area contributed by atoms with Crippen LogP contribution in [0.2, 0.25) is 0 Å². The Labute approximate surface area is 234 Å². The van der Waals surface area contributed by atoms with Crippen molar-refractivity contribution >= 4 is 27.5 Å². The first kappa shape index (κ1) is 30.4. The summed E-state index contributed by atoms with van der Waals surface area (Å²) in [5, 5.41) is 2.58. The van der Waals surface area contributed by atoms with Crippen molar-refractivity contribution < 1.29 is 31.9 Å². The van der Waals surface area contributed by atoms with Gasteiger partial charge in [-0.3, -0.25) is 13.9 Å². The Bertz CT molecular complexity index is 1400. The lowest BCUT2D eigenvalue weighted by atomic mass is 10.1. The van der Waals surface area contributed by atoms with Gasteiger partial charge in [0.15, 0.2) is 0 Å². The topological polar surface area (TPSA) is 105 Å². The number of halogens is 1. The second kappa shape index (κ2) is 13.8. The van der Waals surface area contributed by atoms with Gasteiger partial charge in [0.2, 0.25) is 11.8 Å². The van der Waals surface area contributed by atoms with Crippen LogP contribution in [0, 0.1) is 5.82 Å². The van der Waals surface area contributed by atoms with Gasteiger partial charge in [0.25, 0.3) is 10.0 Å². The number of anilines is 1. The number of rotatable bonds is 13. The summed E-state index contributed by atoms with van der Waals surface area (Å²) in [6, 6.07) is 16.8. The van der Waals surface area contributed by atoms with Crippen molar-refractivity contribution in [2.75, 3.05) is 31.6 Å². The minimum atomic E-state index is -4.28. The largest absolute Gasteiger partial charge is 0.497 e. The number of ether oxygens (including phenoxy) is 2. The lowest BCUT2D eigenvalue weighted by molar-refractivity contribution is -0.140. The fourth-order valence-corrected chi connectivity index (χ4v) is 5.61. The van der Waals surface area contributed by atoms with E-state index < -0.39 is 34.3 Å². The summed E-state index contributed by atoms with van der Waals surface area (Å²) in [6.45, 7) is 3.39. The number of nitrogens with one attached hydrogen (secondary N) is 1. The molecule has 9 nitrogen and oxygen atoms in total. The van der Waals surface area contributed by atoms with Crippen molar-refractivity contribution in [3.63, 3.8) is 0 Å². The second-order valence-electron chi connectivity index (χ2n) is 8.80. The van der Waals surface area contributed by atoms with E-state index in [4.69, 9.17) is 9.47 Å². The molecule has 0 heterocycles. The highest BCUT2D eigenvalue weighted by molar-refractivity contribution is 7.92. The summed E-state index contributed by atoms with van der Waals surface area (Å²) < 4.78 is 53.1. The highest BCUT2D eigenvalue weighted by Crippen LogP contribution is 2.27. The molecule has 0 aliphatic heterocycles. The predicted molar refractivity (Wildman–Crippen MR) is 150 cm³/mol. The Balaban J connectivity index is 2.04. The van der Waals surface area contributed by atoms with E-state index in [1.807, 2.05) is 6.92 Å². The maximum Gasteiger partial charge on any atom is 0.264 e. The average Bonchev–Trinajstić information content (AvgIpc) is 2.96. The van der Waals surface area contributed by atoms with Gasteiger partial charge in [-0.2, -0.15) is 0 Å². The Hall–Kier alpha value is -4.12. The Kier molecular flexibility index (Phi) is 10.5. The maximum atomic E-state index is 13.9. The molecular formula is C29H34FN3O6S. The van der Waals surface area contributed by atoms with Crippen LogP contribution in [-0.2, 0) is 26.2 Å². The molecule has 0 aliphatic carbocycles. The molecule has 40 heavy (non-hydrogen) atoms. The van der Waals surface area contributed by atoms with Crippen LogP contribution in [0.4, 0.5) is 10.1 Å². The molecule has 0 bridgehead atoms. The standard InChI is InChI=1S/C29H34FN3O6S/c1-5-27(29(35)31-3)32(19-21-8-7-9-25(18-21)38-4)28(34)20-33(23-12-10-22(30)11-13-23)40(36,37)26-16-14-24(15-17-26)39-6-2/h7-18,27H,5-6,19-20H2,1-4H3,(H,31,35)/t27-/m0/s1. The molecule has 3 aromatic rings. The van der Waals surface area contributed by atoms with Crippen molar-refractivity contribution in [3.8, 4) is 11.5 Å². The van der Waals surface area contributed by atoms with E-state index in [0.717, 1.165) is 16.4 Å². The van der Waals surface area contributed by atoms with Crippen LogP contribution in [-0.4, -0.2) is 58.5 Å². The van der Waals surface area contributed by atoms with Crippen molar-refractivity contribution in [1.29, 1.82) is 0 Å². The maximum absolute atomic E-state index is 13.9. The average molecular weight is 572 g/mol. The molecule has 0 unspecified atom stereocenters. The van der Waals surface area contributed by atoms with Gasteiger partial charge in [0, 0.05) is 13.6 Å². The summed E-state index contributed by atoms with van der Waals surface area (Å²) in [6.07, 6.45) is 0.289. The van der Waals surface area contributed by atoms with Crippen molar-refractivity contribution in [1.82, 2.24) is 10.2 Å². The third kappa shape index (κ3) is 7.29. The fraction of sp³-hybridized carbons (Fsp3) is 0.310. The quantitative estimate of drug-likeness (QED) is 0.333. The van der Waals surface area contributed by atoms with E-state index in [1.165, 1.54) is 55.5 Å². The number of nitrogens with zero attached hydrogens (tertiary/aromatic N) is 2. The lowest BCUT2D eigenvalue weighted by Gasteiger charge is -2.33. The van der Waals surface area contributed by atoms with Crippen LogP contribution in [0.15, 0.2) is 77.7 Å². The first-order valence-corrected chi connectivity index (χ1v) is 14.2. The van der Waals surface area contributed by atoms with Crippen molar-refractivity contribution in [2.45, 2.75) is 37.8 Å². The number of carbonyl (C=O) groups excluding carboxylic acids is 2. The van der Waals surface area contributed by atoms with E-state index in [9.17, 15) is 22.4 Å². The molecule has 3 aromatic carbocycles. The summed E-state index contributed by atoms with van der Waals surface area (Å²) >= 11 is 0. The highest BCUT2D eigenvalue weighted by Gasteiger charge is 2.33. The number of amides is 2. The Morgan fingerprint density at radius 3 is 2.23 bits per heavy atom. The smallest absolute Gasteiger partial charge is 0.264 e. The molecule has 0 saturated carbocycles. The predicted octanol–water partition coefficient (Wildman–Crippen LogP) is 3.98. The monoisotopic (exact) mass is 571 g/mol. The third-order valence-corrected chi connectivity index (χ3v) is 8.02. The molecular weight excluding hydrogens is 537 g/mol. The van der Waals surface area contributed by atoms with Gasteiger partial charge in [0.05, 0.1) is 24.3 Å². The van der Waals surface area contributed by atoms with Gasteiger partial charge < -0.3 is 19.7 Å². The van der Waals surface area contributed by atoms with E-state index in [0.29, 0.717) is 23.7 Å². The van der Waals surface area contributed by atoms with Crippen LogP contribution in [0.3, 0.4) is 0 Å². The zero-order valence-electron chi connectivity index (χ0n) is 23.0. The van der Waals surface area contributed by atoms with Crippen LogP contribution in [0.1, 0.15) is 25.8 Å². The fourth-order valence-electron chi connectivity index (χ4n) is 4.19. The number of sulfonamides is 1. The van der Waals surface area contributed by atoms with E-state index in [2.05, 4.69) is 5.32 Å². The Morgan fingerprint density at radius 1 is 0.975 bits per heavy atom. The number of benzene rings is 3. The molecule has 1 atom stereocenters. The molecule has 0 saturated heterocycles. The summed E-state index contributed by atoms with van der Waals surface area (Å²) in [7, 11) is -1.29. The molecule has 0 aromatic heterocycles. The highest BCUT2D eigenvalue weighted by atomic mass is 32.2. The molecule has 0 spiro atoms. The van der Waals surface area contributed by atoms with Gasteiger partial charge in [-0.1, -0.05) is 19.1 Å². The number of hydrogen-bond acceptors (Lipinski definition) is 6. The minimum absolute atomic E-state index is 0.0301. The number of hydrogen-bond donors (Lipinski definition) is 1.